The van der Waals surface area contributed by atoms with Crippen molar-refractivity contribution in [3.05, 3.63) is 64.6 Å². The zero-order chi connectivity index (χ0) is 25.5. The Morgan fingerprint density at radius 2 is 1.47 bits per heavy atom. The number of sulfonamides is 1. The Bertz CT molecular complexity index is 1470. The van der Waals surface area contributed by atoms with Crippen LogP contribution in [-0.2, 0) is 24.9 Å². The predicted molar refractivity (Wildman–Crippen MR) is 118 cm³/mol. The Hall–Kier alpha value is -2.74. The largest absolute Gasteiger partial charge is 0.534 e. The lowest BCUT2D eigenvalue weighted by molar-refractivity contribution is -0.135. The lowest BCUT2D eigenvalue weighted by atomic mass is 10.1. The van der Waals surface area contributed by atoms with E-state index in [0.717, 1.165) is 24.3 Å². The highest BCUT2D eigenvalue weighted by atomic mass is 35.5. The van der Waals surface area contributed by atoms with E-state index < -0.39 is 43.9 Å². The van der Waals surface area contributed by atoms with Gasteiger partial charge in [0.1, 0.15) is 12.3 Å². The van der Waals surface area contributed by atoms with Crippen LogP contribution in [0.4, 0.5) is 18.9 Å². The monoisotopic (exact) mass is 557 g/mol. The third-order valence-electron chi connectivity index (χ3n) is 4.28. The maximum atomic E-state index is 13.2. The van der Waals surface area contributed by atoms with Crippen LogP contribution in [0.2, 0.25) is 10.0 Å². The molecule has 0 amide bonds. The van der Waals surface area contributed by atoms with Crippen LogP contribution in [-0.4, -0.2) is 40.0 Å². The quantitative estimate of drug-likeness (QED) is 0.331. The number of alkyl halides is 3. The van der Waals surface area contributed by atoms with Crippen molar-refractivity contribution < 1.29 is 44.1 Å². The maximum absolute atomic E-state index is 13.2. The van der Waals surface area contributed by atoms with Gasteiger partial charge in [-0.3, -0.25) is 9.10 Å². The van der Waals surface area contributed by atoms with Crippen molar-refractivity contribution in [3.8, 4) is 5.75 Å². The van der Waals surface area contributed by atoms with E-state index in [2.05, 4.69) is 4.18 Å². The summed E-state index contributed by atoms with van der Waals surface area (Å²) >= 11 is 11.7. The van der Waals surface area contributed by atoms with E-state index in [1.165, 1.54) is 30.3 Å². The Kier molecular flexibility index (Phi) is 6.95. The topological polar surface area (TPSA) is 118 Å². The van der Waals surface area contributed by atoms with Crippen molar-refractivity contribution >= 4 is 65.8 Å². The number of hydrogen-bond donors (Lipinski definition) is 1. The minimum atomic E-state index is -5.89. The van der Waals surface area contributed by atoms with Crippen molar-refractivity contribution in [1.82, 2.24) is 0 Å². The summed E-state index contributed by atoms with van der Waals surface area (Å²) in [5.74, 6) is -2.10. The van der Waals surface area contributed by atoms with Crippen molar-refractivity contribution in [2.75, 3.05) is 10.8 Å². The fraction of sp³-hybridized carbons (Fsp3) is 0.105. The molecular weight excluding hydrogens is 546 g/mol. The van der Waals surface area contributed by atoms with E-state index in [0.29, 0.717) is 4.31 Å². The van der Waals surface area contributed by atoms with Crippen LogP contribution in [0.25, 0.3) is 10.8 Å². The third-order valence-corrected chi connectivity index (χ3v) is 7.44. The van der Waals surface area contributed by atoms with E-state index in [1.807, 2.05) is 0 Å². The molecule has 0 unspecified atom stereocenters. The summed E-state index contributed by atoms with van der Waals surface area (Å²) in [6.07, 6.45) is 0. The number of carbonyl (C=O) groups is 1. The zero-order valence-corrected chi connectivity index (χ0v) is 19.6. The van der Waals surface area contributed by atoms with E-state index in [9.17, 15) is 39.9 Å². The number of anilines is 1. The molecule has 0 aromatic heterocycles. The molecule has 0 saturated carbocycles. The van der Waals surface area contributed by atoms with Gasteiger partial charge in [0.05, 0.1) is 10.6 Å². The second-order valence-electron chi connectivity index (χ2n) is 6.69. The first kappa shape index (κ1) is 25.9. The molecule has 0 heterocycles. The van der Waals surface area contributed by atoms with E-state index in [-0.39, 0.29) is 31.4 Å². The van der Waals surface area contributed by atoms with Crippen LogP contribution in [0.15, 0.2) is 59.5 Å². The van der Waals surface area contributed by atoms with E-state index >= 15 is 0 Å². The van der Waals surface area contributed by atoms with Crippen LogP contribution >= 0.6 is 23.2 Å². The van der Waals surface area contributed by atoms with Gasteiger partial charge in [-0.15, -0.1) is 0 Å². The number of carboxylic acid groups (broad SMARTS) is 1. The molecule has 0 aliphatic heterocycles. The van der Waals surface area contributed by atoms with Gasteiger partial charge in [-0.1, -0.05) is 35.3 Å². The Balaban J connectivity index is 2.06. The Morgan fingerprint density at radius 1 is 0.912 bits per heavy atom. The highest BCUT2D eigenvalue weighted by molar-refractivity contribution is 7.92. The van der Waals surface area contributed by atoms with Crippen LogP contribution in [0.3, 0.4) is 0 Å². The lowest BCUT2D eigenvalue weighted by Gasteiger charge is -2.23. The normalized spacial score (nSPS) is 12.5. The summed E-state index contributed by atoms with van der Waals surface area (Å²) in [6.45, 7) is -0.969. The first-order valence-corrected chi connectivity index (χ1v) is 12.5. The van der Waals surface area contributed by atoms with Crippen LogP contribution in [0, 0.1) is 0 Å². The zero-order valence-electron chi connectivity index (χ0n) is 16.5. The minimum absolute atomic E-state index is 0.00111. The van der Waals surface area contributed by atoms with Gasteiger partial charge in [-0.25, -0.2) is 8.42 Å². The summed E-state index contributed by atoms with van der Waals surface area (Å²) in [5, 5.41) is 9.71. The number of hydrogen-bond acceptors (Lipinski definition) is 6. The molecule has 8 nitrogen and oxygen atoms in total. The van der Waals surface area contributed by atoms with Crippen molar-refractivity contribution in [3.63, 3.8) is 0 Å². The average molecular weight is 558 g/mol. The molecule has 182 valence electrons. The standard InChI is InChI=1S/C19H12Cl2F3NO7S2/c20-13-7-14(21)9-17(8-13)33(28,29)25(10-18(26)27)15-3-1-12-6-16(4-2-11(12)5-15)32-34(30,31)19(22,23)24/h1-9H,10H2,(H,26,27). The Morgan fingerprint density at radius 3 is 2.03 bits per heavy atom. The first-order valence-electron chi connectivity index (χ1n) is 8.85. The summed E-state index contributed by atoms with van der Waals surface area (Å²) < 4.78 is 91.0. The van der Waals surface area contributed by atoms with Gasteiger partial charge in [0.2, 0.25) is 0 Å². The number of benzene rings is 3. The molecule has 0 aliphatic rings. The maximum Gasteiger partial charge on any atom is 0.534 e. The van der Waals surface area contributed by atoms with E-state index in [1.54, 1.807) is 0 Å². The summed E-state index contributed by atoms with van der Waals surface area (Å²) in [4.78, 5) is 11.0. The van der Waals surface area contributed by atoms with Gasteiger partial charge < -0.3 is 9.29 Å². The highest BCUT2D eigenvalue weighted by Crippen LogP contribution is 2.32. The molecule has 0 spiro atoms. The van der Waals surface area contributed by atoms with E-state index in [4.69, 9.17) is 23.2 Å². The number of halogens is 5. The summed E-state index contributed by atoms with van der Waals surface area (Å²) in [5.41, 5.74) is -5.72. The average Bonchev–Trinajstić information content (AvgIpc) is 2.69. The molecule has 1 N–H and O–H groups in total. The van der Waals surface area contributed by atoms with Gasteiger partial charge in [0.15, 0.2) is 0 Å². The molecule has 34 heavy (non-hydrogen) atoms. The SMILES string of the molecule is O=C(O)CN(c1ccc2cc(OS(=O)(=O)C(F)(F)F)ccc2c1)S(=O)(=O)c1cc(Cl)cc(Cl)c1. The molecule has 0 atom stereocenters. The number of fused-ring (bicyclic) bond motifs is 1. The van der Waals surface area contributed by atoms with Gasteiger partial charge in [-0.2, -0.15) is 21.6 Å². The van der Waals surface area contributed by atoms with Crippen LogP contribution < -0.4 is 8.49 Å². The number of nitrogens with zero attached hydrogens (tertiary/aromatic N) is 1. The van der Waals surface area contributed by atoms with Crippen LogP contribution in [0.1, 0.15) is 0 Å². The Labute approximate surface area is 201 Å². The molecule has 0 bridgehead atoms. The fourth-order valence-electron chi connectivity index (χ4n) is 2.83. The molecule has 15 heteroatoms. The second kappa shape index (κ2) is 9.13. The molecule has 0 aliphatic carbocycles. The van der Waals surface area contributed by atoms with Crippen molar-refractivity contribution in [1.29, 1.82) is 0 Å². The number of aliphatic carboxylic acids is 1. The summed E-state index contributed by atoms with van der Waals surface area (Å²) in [6, 6.07) is 10.3. The van der Waals surface area contributed by atoms with Gasteiger partial charge in [0, 0.05) is 10.0 Å². The highest BCUT2D eigenvalue weighted by Gasteiger charge is 2.48. The van der Waals surface area contributed by atoms with Crippen molar-refractivity contribution in [2.24, 2.45) is 0 Å². The third kappa shape index (κ3) is 5.49. The first-order chi connectivity index (χ1) is 15.6. The molecule has 3 aromatic rings. The van der Waals surface area contributed by atoms with Gasteiger partial charge in [0.25, 0.3) is 10.0 Å². The second-order valence-corrected chi connectivity index (χ2v) is 11.0. The minimum Gasteiger partial charge on any atom is -0.480 e. The number of carboxylic acids is 1. The predicted octanol–water partition coefficient (Wildman–Crippen LogP) is 4.65. The van der Waals surface area contributed by atoms with Gasteiger partial charge >= 0.3 is 21.6 Å². The number of rotatable bonds is 7. The molecular formula is C19H12Cl2F3NO7S2. The lowest BCUT2D eigenvalue weighted by Crippen LogP contribution is -2.35. The molecule has 0 saturated heterocycles. The molecule has 3 rings (SSSR count). The van der Waals surface area contributed by atoms with Gasteiger partial charge in [-0.05, 0) is 53.2 Å². The molecule has 0 fully saturated rings. The molecule has 0 radical (unpaired) electrons. The fourth-order valence-corrected chi connectivity index (χ4v) is 5.42. The summed E-state index contributed by atoms with van der Waals surface area (Å²) in [7, 11) is -10.3. The smallest absolute Gasteiger partial charge is 0.480 e. The van der Waals surface area contributed by atoms with Crippen molar-refractivity contribution in [2.45, 2.75) is 10.4 Å². The van der Waals surface area contributed by atoms with Crippen LogP contribution in [0.5, 0.6) is 5.75 Å². The molecule has 3 aromatic carbocycles.